The minimum atomic E-state index is -0.959. The first kappa shape index (κ1) is 25.6. The predicted molar refractivity (Wildman–Crippen MR) is 148 cm³/mol. The summed E-state index contributed by atoms with van der Waals surface area (Å²) in [5.41, 5.74) is 3.01. The van der Waals surface area contributed by atoms with Crippen LogP contribution in [0.4, 0.5) is 5.69 Å². The molecule has 1 aliphatic rings. The van der Waals surface area contributed by atoms with Gasteiger partial charge in [0.25, 0.3) is 11.7 Å². The van der Waals surface area contributed by atoms with Gasteiger partial charge in [0.1, 0.15) is 29.6 Å². The van der Waals surface area contributed by atoms with Gasteiger partial charge >= 0.3 is 0 Å². The van der Waals surface area contributed by atoms with E-state index < -0.39 is 17.7 Å². The summed E-state index contributed by atoms with van der Waals surface area (Å²) in [6.45, 7) is 2.23. The van der Waals surface area contributed by atoms with Crippen molar-refractivity contribution in [2.75, 3.05) is 12.0 Å². The van der Waals surface area contributed by atoms with E-state index in [2.05, 4.69) is 0 Å². The third-order valence-corrected chi connectivity index (χ3v) is 6.67. The molecule has 0 bridgehead atoms. The fraction of sp³-hybridized carbons (Fsp3) is 0.125. The number of ether oxygens (including phenoxy) is 2. The van der Waals surface area contributed by atoms with Crippen LogP contribution in [-0.4, -0.2) is 29.0 Å². The van der Waals surface area contributed by atoms with Crippen molar-refractivity contribution in [3.05, 3.63) is 125 Å². The van der Waals surface area contributed by atoms with E-state index in [0.717, 1.165) is 11.1 Å². The van der Waals surface area contributed by atoms with Crippen molar-refractivity contribution in [3.8, 4) is 17.2 Å². The quantitative estimate of drug-likeness (QED) is 0.178. The summed E-state index contributed by atoms with van der Waals surface area (Å²) in [5.74, 6) is -0.708. The van der Waals surface area contributed by atoms with E-state index in [4.69, 9.17) is 9.47 Å². The second-order valence-corrected chi connectivity index (χ2v) is 9.22. The molecule has 1 unspecified atom stereocenters. The average Bonchev–Trinajstić information content (AvgIpc) is 3.22. The van der Waals surface area contributed by atoms with Gasteiger partial charge in [0.05, 0.1) is 18.7 Å². The SMILES string of the molecule is COc1ccc(N2C(=O)C(=O)/C(=C(\O)c3ccc(OCc4ccccc4)c(C)c3)C2c2cccc(O)c2)cc1. The standard InChI is InChI=1S/C32H27NO6/c1-20-17-23(11-16-27(20)39-19-21-7-4-3-5-8-21)30(35)28-29(22-9-6-10-25(34)18-22)33(32(37)31(28)36)24-12-14-26(38-2)15-13-24/h3-18,29,34-35H,19H2,1-2H3/b30-28-. The Bertz CT molecular complexity index is 1560. The minimum Gasteiger partial charge on any atom is -0.508 e. The third-order valence-electron chi connectivity index (χ3n) is 6.67. The van der Waals surface area contributed by atoms with Gasteiger partial charge in [0.15, 0.2) is 0 Å². The van der Waals surface area contributed by atoms with Crippen LogP contribution >= 0.6 is 0 Å². The van der Waals surface area contributed by atoms with E-state index in [1.807, 2.05) is 37.3 Å². The monoisotopic (exact) mass is 521 g/mol. The summed E-state index contributed by atoms with van der Waals surface area (Å²) in [6, 6.07) is 26.9. The van der Waals surface area contributed by atoms with Gasteiger partial charge < -0.3 is 19.7 Å². The lowest BCUT2D eigenvalue weighted by atomic mass is 9.94. The summed E-state index contributed by atoms with van der Waals surface area (Å²) in [7, 11) is 1.54. The largest absolute Gasteiger partial charge is 0.508 e. The van der Waals surface area contributed by atoms with Crippen molar-refractivity contribution in [2.45, 2.75) is 19.6 Å². The first-order chi connectivity index (χ1) is 18.9. The number of rotatable bonds is 7. The first-order valence-electron chi connectivity index (χ1n) is 12.4. The number of aliphatic hydroxyl groups excluding tert-OH is 1. The number of aryl methyl sites for hydroxylation is 1. The number of ketones is 1. The lowest BCUT2D eigenvalue weighted by Crippen LogP contribution is -2.29. The number of amides is 1. The molecule has 2 N–H and O–H groups in total. The maximum atomic E-state index is 13.4. The van der Waals surface area contributed by atoms with Gasteiger partial charge in [-0.3, -0.25) is 14.5 Å². The van der Waals surface area contributed by atoms with Crippen molar-refractivity contribution in [3.63, 3.8) is 0 Å². The molecule has 0 aliphatic carbocycles. The topological polar surface area (TPSA) is 96.3 Å². The number of phenolic OH excluding ortho intramolecular Hbond substituents is 1. The molecule has 1 aliphatic heterocycles. The molecule has 1 saturated heterocycles. The minimum absolute atomic E-state index is 0.0245. The molecule has 0 spiro atoms. The number of carbonyl (C=O) groups excluding carboxylic acids is 2. The molecular weight excluding hydrogens is 494 g/mol. The summed E-state index contributed by atoms with van der Waals surface area (Å²) < 4.78 is 11.2. The number of aromatic hydroxyl groups is 1. The van der Waals surface area contributed by atoms with Crippen molar-refractivity contribution in [1.82, 2.24) is 0 Å². The summed E-state index contributed by atoms with van der Waals surface area (Å²) in [4.78, 5) is 28.0. The highest BCUT2D eigenvalue weighted by Crippen LogP contribution is 2.43. The Morgan fingerprint density at radius 3 is 2.31 bits per heavy atom. The van der Waals surface area contributed by atoms with Gasteiger partial charge in [-0.1, -0.05) is 42.5 Å². The number of aliphatic hydroxyl groups is 1. The molecule has 1 heterocycles. The highest BCUT2D eigenvalue weighted by atomic mass is 16.5. The van der Waals surface area contributed by atoms with Crippen LogP contribution in [0.25, 0.3) is 5.76 Å². The van der Waals surface area contributed by atoms with E-state index in [1.165, 1.54) is 24.1 Å². The van der Waals surface area contributed by atoms with Crippen LogP contribution in [0.3, 0.4) is 0 Å². The van der Waals surface area contributed by atoms with Gasteiger partial charge in [-0.05, 0) is 78.2 Å². The maximum Gasteiger partial charge on any atom is 0.300 e. The second-order valence-electron chi connectivity index (χ2n) is 9.22. The van der Waals surface area contributed by atoms with Crippen LogP contribution in [0.15, 0.2) is 103 Å². The Kier molecular flexibility index (Phi) is 7.06. The van der Waals surface area contributed by atoms with Gasteiger partial charge in [0.2, 0.25) is 0 Å². The van der Waals surface area contributed by atoms with E-state index in [0.29, 0.717) is 34.9 Å². The smallest absolute Gasteiger partial charge is 0.300 e. The van der Waals surface area contributed by atoms with Crippen molar-refractivity contribution in [2.24, 2.45) is 0 Å². The van der Waals surface area contributed by atoms with Gasteiger partial charge in [0, 0.05) is 11.3 Å². The Morgan fingerprint density at radius 2 is 1.64 bits per heavy atom. The van der Waals surface area contributed by atoms with Crippen LogP contribution in [0.2, 0.25) is 0 Å². The number of hydrogen-bond acceptors (Lipinski definition) is 6. The highest BCUT2D eigenvalue weighted by Gasteiger charge is 2.47. The molecule has 7 heteroatoms. The molecule has 1 fully saturated rings. The fourth-order valence-electron chi connectivity index (χ4n) is 4.70. The van der Waals surface area contributed by atoms with Gasteiger partial charge in [-0.15, -0.1) is 0 Å². The molecule has 1 amide bonds. The van der Waals surface area contributed by atoms with Crippen LogP contribution in [0.1, 0.15) is 28.3 Å². The summed E-state index contributed by atoms with van der Waals surface area (Å²) in [6.07, 6.45) is 0. The number of Topliss-reactive ketones (excluding diaryl/α,β-unsaturated/α-hetero) is 1. The molecule has 4 aromatic carbocycles. The summed E-state index contributed by atoms with van der Waals surface area (Å²) in [5, 5.41) is 21.6. The zero-order chi connectivity index (χ0) is 27.5. The van der Waals surface area contributed by atoms with Gasteiger partial charge in [-0.25, -0.2) is 0 Å². The third kappa shape index (κ3) is 5.07. The zero-order valence-corrected chi connectivity index (χ0v) is 21.5. The maximum absolute atomic E-state index is 13.4. The normalized spacial score (nSPS) is 16.4. The lowest BCUT2D eigenvalue weighted by molar-refractivity contribution is -0.132. The van der Waals surface area contributed by atoms with Crippen LogP contribution < -0.4 is 14.4 Å². The van der Waals surface area contributed by atoms with Crippen LogP contribution in [0.5, 0.6) is 17.2 Å². The number of anilines is 1. The molecule has 0 saturated carbocycles. The van der Waals surface area contributed by atoms with E-state index in [1.54, 1.807) is 54.6 Å². The molecule has 5 rings (SSSR count). The number of benzene rings is 4. The Labute approximate surface area is 226 Å². The molecular formula is C32H27NO6. The van der Waals surface area contributed by atoms with E-state index in [-0.39, 0.29) is 17.1 Å². The van der Waals surface area contributed by atoms with E-state index in [9.17, 15) is 19.8 Å². The van der Waals surface area contributed by atoms with Gasteiger partial charge in [-0.2, -0.15) is 0 Å². The molecule has 0 radical (unpaired) electrons. The highest BCUT2D eigenvalue weighted by molar-refractivity contribution is 6.51. The first-order valence-corrected chi connectivity index (χ1v) is 12.4. The lowest BCUT2D eigenvalue weighted by Gasteiger charge is -2.25. The zero-order valence-electron chi connectivity index (χ0n) is 21.5. The van der Waals surface area contributed by atoms with E-state index >= 15 is 0 Å². The number of phenols is 1. The Balaban J connectivity index is 1.55. The van der Waals surface area contributed by atoms with Crippen LogP contribution in [-0.2, 0) is 16.2 Å². The van der Waals surface area contributed by atoms with Crippen LogP contribution in [0, 0.1) is 6.92 Å². The molecule has 196 valence electrons. The Morgan fingerprint density at radius 1 is 0.897 bits per heavy atom. The fourth-order valence-corrected chi connectivity index (χ4v) is 4.70. The number of nitrogens with zero attached hydrogens (tertiary/aromatic N) is 1. The molecule has 39 heavy (non-hydrogen) atoms. The molecule has 1 atom stereocenters. The second kappa shape index (κ2) is 10.8. The molecule has 0 aromatic heterocycles. The average molecular weight is 522 g/mol. The molecule has 4 aromatic rings. The van der Waals surface area contributed by atoms with Crippen molar-refractivity contribution in [1.29, 1.82) is 0 Å². The van der Waals surface area contributed by atoms with Crippen molar-refractivity contribution < 1.29 is 29.3 Å². The number of carbonyl (C=O) groups is 2. The van der Waals surface area contributed by atoms with Crippen molar-refractivity contribution >= 4 is 23.1 Å². The number of hydrogen-bond donors (Lipinski definition) is 2. The molecule has 7 nitrogen and oxygen atoms in total. The summed E-state index contributed by atoms with van der Waals surface area (Å²) >= 11 is 0. The predicted octanol–water partition coefficient (Wildman–Crippen LogP) is 5.91. The number of methoxy groups -OCH3 is 1. The Hall–Kier alpha value is -5.04.